The number of carbonyl (C=O) groups excluding carboxylic acids is 2. The average molecular weight is 525 g/mol. The van der Waals surface area contributed by atoms with E-state index in [-0.39, 0.29) is 29.4 Å². The van der Waals surface area contributed by atoms with Crippen molar-refractivity contribution in [3.05, 3.63) is 70.8 Å². The van der Waals surface area contributed by atoms with Crippen LogP contribution in [0.4, 0.5) is 0 Å². The van der Waals surface area contributed by atoms with Crippen molar-refractivity contribution in [3.8, 4) is 23.3 Å². The van der Waals surface area contributed by atoms with Gasteiger partial charge in [-0.1, -0.05) is 18.1 Å². The lowest BCUT2D eigenvalue weighted by Gasteiger charge is -2.60. The van der Waals surface area contributed by atoms with Crippen LogP contribution in [0.15, 0.2) is 43.0 Å². The molecule has 6 heteroatoms. The highest BCUT2D eigenvalue weighted by molar-refractivity contribution is 5.94. The molecule has 2 bridgehead atoms. The number of nitrogens with zero attached hydrogens (tertiary/aromatic N) is 2. The van der Waals surface area contributed by atoms with E-state index in [1.807, 2.05) is 48.4 Å². The Kier molecular flexibility index (Phi) is 6.31. The van der Waals surface area contributed by atoms with Gasteiger partial charge in [0.15, 0.2) is 0 Å². The molecular weight excluding hydrogens is 488 g/mol. The first kappa shape index (κ1) is 25.7. The summed E-state index contributed by atoms with van der Waals surface area (Å²) in [7, 11) is 1.86. The number of carbonyl (C=O) groups is 2. The molecule has 2 aliphatic heterocycles. The van der Waals surface area contributed by atoms with Crippen LogP contribution in [0.1, 0.15) is 54.0 Å². The third kappa shape index (κ3) is 3.98. The molecule has 2 fully saturated rings. The number of esters is 1. The molecule has 0 radical (unpaired) electrons. The number of rotatable bonds is 4. The molecule has 1 spiro atoms. The monoisotopic (exact) mass is 524 g/mol. The van der Waals surface area contributed by atoms with Crippen molar-refractivity contribution in [2.24, 2.45) is 5.92 Å². The van der Waals surface area contributed by atoms with Crippen molar-refractivity contribution in [1.29, 1.82) is 0 Å². The summed E-state index contributed by atoms with van der Waals surface area (Å²) in [6.07, 6.45) is 5.44. The summed E-state index contributed by atoms with van der Waals surface area (Å²) in [6, 6.07) is 10.1. The number of likely N-dealkylation sites (tertiary alicyclic amines) is 1. The molecular formula is C33H36N2O4. The third-order valence-corrected chi connectivity index (χ3v) is 9.66. The molecule has 202 valence electrons. The number of likely N-dealkylation sites (N-methyl/N-ethyl adjacent to an activating group) is 1. The maximum Gasteiger partial charge on any atom is 0.308 e. The van der Waals surface area contributed by atoms with Crippen molar-refractivity contribution < 1.29 is 19.1 Å². The SMILES string of the molecule is C=CCN1CC[C@@]23c4c5ccc(OC(C)=O)c4C[C@@H]1[C@@H]2CC[C@@H](N(C)C(=O)C#Cc1ccc(C)c(C)c1)[C@@H]3O5. The maximum atomic E-state index is 13.4. The van der Waals surface area contributed by atoms with Gasteiger partial charge in [0.25, 0.3) is 5.91 Å². The Hall–Kier alpha value is -3.56. The summed E-state index contributed by atoms with van der Waals surface area (Å²) < 4.78 is 12.5. The van der Waals surface area contributed by atoms with E-state index in [1.54, 1.807) is 0 Å². The molecule has 0 aromatic heterocycles. The van der Waals surface area contributed by atoms with Crippen molar-refractivity contribution in [3.63, 3.8) is 0 Å². The summed E-state index contributed by atoms with van der Waals surface area (Å²) >= 11 is 0. The van der Waals surface area contributed by atoms with Gasteiger partial charge in [-0.15, -0.1) is 6.58 Å². The first-order valence-electron chi connectivity index (χ1n) is 14.0. The fraction of sp³-hybridized carbons (Fsp3) is 0.455. The van der Waals surface area contributed by atoms with Crippen LogP contribution in [0, 0.1) is 31.6 Å². The smallest absolute Gasteiger partial charge is 0.308 e. The fourth-order valence-electron chi connectivity index (χ4n) is 7.82. The van der Waals surface area contributed by atoms with Gasteiger partial charge in [-0.25, -0.2) is 0 Å². The standard InChI is InChI=1S/C33H36N2O4/c1-6-16-35-17-15-33-25-10-11-26(34(5)30(37)14-9-23-8-7-20(2)21(3)18-23)32(33)39-29-13-12-28(38-22(4)36)24(31(29)33)19-27(25)35/h6-8,12-13,18,25-27,32H,1,10-11,15-17,19H2,2-5H3/t25-,26+,27+,32-,33-/m0/s1. The summed E-state index contributed by atoms with van der Waals surface area (Å²) in [5, 5.41) is 0. The highest BCUT2D eigenvalue weighted by atomic mass is 16.5. The molecule has 5 atom stereocenters. The molecule has 2 aromatic carbocycles. The van der Waals surface area contributed by atoms with Gasteiger partial charge in [0.2, 0.25) is 0 Å². The van der Waals surface area contributed by atoms with Gasteiger partial charge in [0, 0.05) is 54.6 Å². The zero-order chi connectivity index (χ0) is 27.5. The molecule has 2 heterocycles. The van der Waals surface area contributed by atoms with Crippen molar-refractivity contribution in [2.75, 3.05) is 20.1 Å². The Morgan fingerprint density at radius 3 is 2.79 bits per heavy atom. The molecule has 1 saturated carbocycles. The predicted molar refractivity (Wildman–Crippen MR) is 150 cm³/mol. The van der Waals surface area contributed by atoms with Gasteiger partial charge in [-0.3, -0.25) is 14.5 Å². The van der Waals surface area contributed by atoms with Crippen LogP contribution in [0.2, 0.25) is 0 Å². The topological polar surface area (TPSA) is 59.1 Å². The molecule has 2 aliphatic carbocycles. The van der Waals surface area contributed by atoms with Crippen LogP contribution in [0.5, 0.6) is 11.5 Å². The van der Waals surface area contributed by atoms with E-state index < -0.39 is 0 Å². The minimum absolute atomic E-state index is 0.0927. The first-order valence-corrected chi connectivity index (χ1v) is 14.0. The van der Waals surface area contributed by atoms with Crippen LogP contribution in [-0.4, -0.2) is 60.0 Å². The number of hydrogen-bond acceptors (Lipinski definition) is 5. The molecule has 1 saturated heterocycles. The number of hydrogen-bond donors (Lipinski definition) is 0. The number of benzene rings is 2. The van der Waals surface area contributed by atoms with Gasteiger partial charge in [-0.2, -0.15) is 0 Å². The lowest BCUT2D eigenvalue weighted by molar-refractivity contribution is -0.134. The highest BCUT2D eigenvalue weighted by Crippen LogP contribution is 2.63. The summed E-state index contributed by atoms with van der Waals surface area (Å²) in [5.74, 6) is 7.38. The fourth-order valence-corrected chi connectivity index (χ4v) is 7.82. The lowest BCUT2D eigenvalue weighted by atomic mass is 9.51. The zero-order valence-corrected chi connectivity index (χ0v) is 23.3. The van der Waals surface area contributed by atoms with E-state index in [1.165, 1.54) is 18.1 Å². The van der Waals surface area contributed by atoms with Gasteiger partial charge in [0.05, 0.1) is 6.04 Å². The molecule has 6 nitrogen and oxygen atoms in total. The highest BCUT2D eigenvalue weighted by Gasteiger charge is 2.66. The zero-order valence-electron chi connectivity index (χ0n) is 23.3. The molecule has 0 N–H and O–H groups in total. The molecule has 6 rings (SSSR count). The van der Waals surface area contributed by atoms with E-state index in [2.05, 4.69) is 37.2 Å². The summed E-state index contributed by atoms with van der Waals surface area (Å²) in [6.45, 7) is 11.3. The second-order valence-electron chi connectivity index (χ2n) is 11.6. The van der Waals surface area contributed by atoms with Gasteiger partial charge >= 0.3 is 5.97 Å². The van der Waals surface area contributed by atoms with E-state index in [0.29, 0.717) is 17.7 Å². The minimum Gasteiger partial charge on any atom is -0.487 e. The minimum atomic E-state index is -0.316. The first-order chi connectivity index (χ1) is 18.7. The second kappa shape index (κ2) is 9.57. The van der Waals surface area contributed by atoms with Crippen molar-refractivity contribution >= 4 is 11.9 Å². The lowest BCUT2D eigenvalue weighted by Crippen LogP contribution is -2.68. The van der Waals surface area contributed by atoms with Crippen LogP contribution < -0.4 is 9.47 Å². The molecule has 39 heavy (non-hydrogen) atoms. The largest absolute Gasteiger partial charge is 0.487 e. The summed E-state index contributed by atoms with van der Waals surface area (Å²) in [4.78, 5) is 29.7. The van der Waals surface area contributed by atoms with Crippen molar-refractivity contribution in [1.82, 2.24) is 9.80 Å². The molecule has 2 aromatic rings. The van der Waals surface area contributed by atoms with Gasteiger partial charge < -0.3 is 14.4 Å². The van der Waals surface area contributed by atoms with Crippen molar-refractivity contribution in [2.45, 2.75) is 70.1 Å². The Bertz CT molecular complexity index is 1440. The number of piperidine rings is 1. The van der Waals surface area contributed by atoms with E-state index >= 15 is 0 Å². The Morgan fingerprint density at radius 2 is 2.05 bits per heavy atom. The summed E-state index contributed by atoms with van der Waals surface area (Å²) in [5.41, 5.74) is 5.29. The average Bonchev–Trinajstić information content (AvgIpc) is 3.24. The Morgan fingerprint density at radius 1 is 1.23 bits per heavy atom. The third-order valence-electron chi connectivity index (χ3n) is 9.66. The van der Waals surface area contributed by atoms with Gasteiger partial charge in [-0.05, 0) is 87.4 Å². The molecule has 1 amide bonds. The van der Waals surface area contributed by atoms with Crippen LogP contribution in [-0.2, 0) is 21.4 Å². The number of amides is 1. The normalized spacial score (nSPS) is 27.9. The quantitative estimate of drug-likeness (QED) is 0.258. The van der Waals surface area contributed by atoms with Crippen LogP contribution in [0.25, 0.3) is 0 Å². The predicted octanol–water partition coefficient (Wildman–Crippen LogP) is 4.33. The maximum absolute atomic E-state index is 13.4. The number of ether oxygens (including phenoxy) is 2. The number of aryl methyl sites for hydroxylation is 2. The molecule has 0 unspecified atom stereocenters. The Balaban J connectivity index is 1.37. The Labute approximate surface area is 231 Å². The molecule has 4 aliphatic rings. The second-order valence-corrected chi connectivity index (χ2v) is 11.6. The van der Waals surface area contributed by atoms with E-state index in [0.717, 1.165) is 61.2 Å². The van der Waals surface area contributed by atoms with Crippen LogP contribution >= 0.6 is 0 Å². The van der Waals surface area contributed by atoms with Gasteiger partial charge in [0.1, 0.15) is 17.6 Å². The van der Waals surface area contributed by atoms with Crippen LogP contribution in [0.3, 0.4) is 0 Å². The van der Waals surface area contributed by atoms with E-state index in [4.69, 9.17) is 9.47 Å². The van der Waals surface area contributed by atoms with E-state index in [9.17, 15) is 9.59 Å².